The van der Waals surface area contributed by atoms with Crippen LogP contribution in [-0.4, -0.2) is 37.2 Å². The fourth-order valence-corrected chi connectivity index (χ4v) is 8.27. The van der Waals surface area contributed by atoms with E-state index in [2.05, 4.69) is 142 Å². The van der Waals surface area contributed by atoms with E-state index in [4.69, 9.17) is 14.2 Å². The van der Waals surface area contributed by atoms with Crippen LogP contribution in [0.1, 0.15) is 278 Å². The quantitative estimate of drug-likeness (QED) is 0.0261. The molecule has 0 aromatic rings. The lowest BCUT2D eigenvalue weighted by Crippen LogP contribution is -2.30. The minimum absolute atomic E-state index is 0.105. The number of ether oxygens (including phenoxy) is 3. The average Bonchev–Trinajstić information content (AvgIpc) is 3.41. The van der Waals surface area contributed by atoms with Crippen molar-refractivity contribution in [1.82, 2.24) is 0 Å². The van der Waals surface area contributed by atoms with Crippen LogP contribution in [0.15, 0.2) is 122 Å². The molecule has 0 saturated carbocycles. The maximum Gasteiger partial charge on any atom is 0.306 e. The largest absolute Gasteiger partial charge is 0.462 e. The summed E-state index contributed by atoms with van der Waals surface area (Å²) in [6.07, 6.45) is 86.2. The van der Waals surface area contributed by atoms with Gasteiger partial charge in [-0.25, -0.2) is 0 Å². The third-order valence-corrected chi connectivity index (χ3v) is 12.9. The highest BCUT2D eigenvalue weighted by atomic mass is 16.6. The number of rotatable bonds is 55. The summed E-state index contributed by atoms with van der Waals surface area (Å²) < 4.78 is 16.9. The molecule has 0 N–H and O–H groups in total. The summed E-state index contributed by atoms with van der Waals surface area (Å²) in [5, 5.41) is 0. The van der Waals surface area contributed by atoms with Gasteiger partial charge in [0.1, 0.15) is 13.2 Å². The Hall–Kier alpha value is -4.19. The zero-order valence-corrected chi connectivity index (χ0v) is 48.8. The van der Waals surface area contributed by atoms with Crippen molar-refractivity contribution >= 4 is 17.9 Å². The van der Waals surface area contributed by atoms with E-state index in [0.717, 1.165) is 122 Å². The van der Waals surface area contributed by atoms with E-state index < -0.39 is 6.10 Å². The Morgan fingerprint density at radius 1 is 0.280 bits per heavy atom. The van der Waals surface area contributed by atoms with E-state index in [0.29, 0.717) is 12.8 Å². The zero-order chi connectivity index (χ0) is 54.3. The van der Waals surface area contributed by atoms with Crippen molar-refractivity contribution in [2.75, 3.05) is 13.2 Å². The van der Waals surface area contributed by atoms with Crippen LogP contribution >= 0.6 is 0 Å². The Kier molecular flexibility index (Phi) is 58.9. The second-order valence-electron chi connectivity index (χ2n) is 20.2. The summed E-state index contributed by atoms with van der Waals surface area (Å²) in [7, 11) is 0. The molecule has 0 aromatic heterocycles. The molecule has 0 bridgehead atoms. The second kappa shape index (κ2) is 62.4. The molecule has 0 aliphatic heterocycles. The molecule has 0 aromatic carbocycles. The maximum absolute atomic E-state index is 12.9. The van der Waals surface area contributed by atoms with Crippen LogP contribution in [0.2, 0.25) is 0 Å². The number of unbranched alkanes of at least 4 members (excludes halogenated alkanes) is 24. The first-order chi connectivity index (χ1) is 37.0. The summed E-state index contributed by atoms with van der Waals surface area (Å²) in [4.78, 5) is 38.3. The normalized spacial score (nSPS) is 12.9. The lowest BCUT2D eigenvalue weighted by Gasteiger charge is -2.18. The van der Waals surface area contributed by atoms with Crippen LogP contribution in [0.3, 0.4) is 0 Å². The highest BCUT2D eigenvalue weighted by Gasteiger charge is 2.19. The fraction of sp³-hybridized carbons (Fsp3) is 0.667. The number of hydrogen-bond acceptors (Lipinski definition) is 6. The van der Waals surface area contributed by atoms with E-state index in [9.17, 15) is 14.4 Å². The molecule has 0 saturated heterocycles. The Balaban J connectivity index is 4.52. The van der Waals surface area contributed by atoms with Crippen LogP contribution in [0, 0.1) is 0 Å². The molecular weight excluding hydrogens is 925 g/mol. The number of carbonyl (C=O) groups is 3. The molecule has 1 atom stereocenters. The van der Waals surface area contributed by atoms with E-state index >= 15 is 0 Å². The smallest absolute Gasteiger partial charge is 0.306 e. The van der Waals surface area contributed by atoms with Gasteiger partial charge in [0.05, 0.1) is 0 Å². The van der Waals surface area contributed by atoms with Crippen LogP contribution in [0.25, 0.3) is 0 Å². The fourth-order valence-electron chi connectivity index (χ4n) is 8.27. The average molecular weight is 1040 g/mol. The highest BCUT2D eigenvalue weighted by molar-refractivity contribution is 5.71. The van der Waals surface area contributed by atoms with Crippen molar-refractivity contribution in [2.24, 2.45) is 0 Å². The second-order valence-corrected chi connectivity index (χ2v) is 20.2. The molecular formula is C69H114O6. The molecule has 6 heteroatoms. The lowest BCUT2D eigenvalue weighted by atomic mass is 10.1. The number of carbonyl (C=O) groups excluding carboxylic acids is 3. The Labute approximate surface area is 462 Å². The van der Waals surface area contributed by atoms with Gasteiger partial charge >= 0.3 is 17.9 Å². The number of esters is 3. The molecule has 6 nitrogen and oxygen atoms in total. The van der Waals surface area contributed by atoms with Gasteiger partial charge in [-0.05, 0) is 135 Å². The Morgan fingerprint density at radius 3 is 0.867 bits per heavy atom. The molecule has 0 aliphatic carbocycles. The van der Waals surface area contributed by atoms with Gasteiger partial charge in [0.2, 0.25) is 0 Å². The Morgan fingerprint density at radius 2 is 0.520 bits per heavy atom. The maximum atomic E-state index is 12.9. The molecule has 0 radical (unpaired) electrons. The summed E-state index contributed by atoms with van der Waals surface area (Å²) in [6.45, 7) is 6.45. The highest BCUT2D eigenvalue weighted by Crippen LogP contribution is 2.14. The molecule has 75 heavy (non-hydrogen) atoms. The van der Waals surface area contributed by atoms with Gasteiger partial charge in [-0.3, -0.25) is 14.4 Å². The molecule has 0 unspecified atom stereocenters. The first kappa shape index (κ1) is 70.8. The molecule has 0 rings (SSSR count). The topological polar surface area (TPSA) is 78.9 Å². The van der Waals surface area contributed by atoms with Crippen molar-refractivity contribution < 1.29 is 28.6 Å². The van der Waals surface area contributed by atoms with E-state index in [1.54, 1.807) is 0 Å². The predicted molar refractivity (Wildman–Crippen MR) is 325 cm³/mol. The van der Waals surface area contributed by atoms with Crippen molar-refractivity contribution in [1.29, 1.82) is 0 Å². The monoisotopic (exact) mass is 1040 g/mol. The van der Waals surface area contributed by atoms with Crippen molar-refractivity contribution in [2.45, 2.75) is 284 Å². The molecule has 426 valence electrons. The third-order valence-electron chi connectivity index (χ3n) is 12.9. The molecule has 0 heterocycles. The van der Waals surface area contributed by atoms with Crippen molar-refractivity contribution in [3.05, 3.63) is 122 Å². The van der Waals surface area contributed by atoms with Crippen molar-refractivity contribution in [3.63, 3.8) is 0 Å². The van der Waals surface area contributed by atoms with Gasteiger partial charge in [0, 0.05) is 19.3 Å². The van der Waals surface area contributed by atoms with Crippen LogP contribution in [0.4, 0.5) is 0 Å². The van der Waals surface area contributed by atoms with E-state index in [1.165, 1.54) is 116 Å². The minimum atomic E-state index is -0.814. The number of hydrogen-bond donors (Lipinski definition) is 0. The van der Waals surface area contributed by atoms with Crippen LogP contribution in [-0.2, 0) is 28.6 Å². The van der Waals surface area contributed by atoms with Gasteiger partial charge in [-0.15, -0.1) is 0 Å². The molecule has 0 spiro atoms. The van der Waals surface area contributed by atoms with Crippen LogP contribution in [0.5, 0.6) is 0 Å². The first-order valence-electron chi connectivity index (χ1n) is 31.0. The predicted octanol–water partition coefficient (Wildman–Crippen LogP) is 21.2. The van der Waals surface area contributed by atoms with Crippen LogP contribution < -0.4 is 0 Å². The third kappa shape index (κ3) is 60.6. The molecule has 0 amide bonds. The molecule has 0 fully saturated rings. The minimum Gasteiger partial charge on any atom is -0.462 e. The number of allylic oxidation sites excluding steroid dienone is 20. The zero-order valence-electron chi connectivity index (χ0n) is 48.8. The van der Waals surface area contributed by atoms with E-state index in [-0.39, 0.29) is 37.5 Å². The standard InChI is InChI=1S/C69H114O6/c1-4-7-10-13-16-19-22-25-28-31-34-37-40-43-46-49-52-55-58-61-67(70)73-64-66(75-69(72)63-60-57-54-51-48-45-42-39-36-33-30-27-24-21-18-15-12-9-6-3)65-74-68(71)62-59-56-53-50-47-44-41-38-35-32-29-26-23-20-17-14-11-8-5-2/h7,10,16,18-19,21,25-30,34,36-37,39,43,45-46,48,66H,4-6,8-9,11-15,17,20,22-24,31-33,35,38,40-42,44,47,49-65H2,1-3H3/b10-7+,19-16+,21-18+,28-25+,29-26+,30-27+,37-34+,39-36+,46-43+,48-45+/t66-/m0/s1. The Bertz CT molecular complexity index is 1570. The van der Waals surface area contributed by atoms with Gasteiger partial charge in [-0.2, -0.15) is 0 Å². The summed E-state index contributed by atoms with van der Waals surface area (Å²) in [5.41, 5.74) is 0. The van der Waals surface area contributed by atoms with Gasteiger partial charge < -0.3 is 14.2 Å². The summed E-state index contributed by atoms with van der Waals surface area (Å²) >= 11 is 0. The van der Waals surface area contributed by atoms with Gasteiger partial charge in [0.25, 0.3) is 0 Å². The first-order valence-corrected chi connectivity index (χ1v) is 31.0. The van der Waals surface area contributed by atoms with Gasteiger partial charge in [0.15, 0.2) is 6.10 Å². The van der Waals surface area contributed by atoms with Gasteiger partial charge in [-0.1, -0.05) is 245 Å². The SMILES string of the molecule is CC/C=C/C/C=C/C/C=C/C/C=C/C/C=C/CCCCCC(=O)OC[C@@H](COC(=O)CCCCCCCCCCC/C=C/CCCCCCCC)OC(=O)CCCCC/C=C/C/C=C/C/C=C/C/C=C/CCCCC. The molecule has 0 aliphatic rings. The lowest BCUT2D eigenvalue weighted by molar-refractivity contribution is -0.167. The van der Waals surface area contributed by atoms with Crippen molar-refractivity contribution in [3.8, 4) is 0 Å². The van der Waals surface area contributed by atoms with E-state index in [1.807, 2.05) is 0 Å². The summed E-state index contributed by atoms with van der Waals surface area (Å²) in [6, 6.07) is 0. The summed E-state index contributed by atoms with van der Waals surface area (Å²) in [5.74, 6) is -0.969.